The number of allylic oxidation sites excluding steroid dienone is 4. The molecule has 2 unspecified atom stereocenters. The van der Waals surface area contributed by atoms with Crippen LogP contribution in [0.1, 0.15) is 64.2 Å². The van der Waals surface area contributed by atoms with Crippen LogP contribution < -0.4 is 11.5 Å². The van der Waals surface area contributed by atoms with Gasteiger partial charge in [-0.25, -0.2) is 0 Å². The van der Waals surface area contributed by atoms with Crippen LogP contribution in [0.2, 0.25) is 3.12 Å². The Bertz CT molecular complexity index is 430. The van der Waals surface area contributed by atoms with Gasteiger partial charge in [0.2, 0.25) is 0 Å². The normalized spacial score (nSPS) is 32.1. The molecule has 2 fully saturated rings. The molecule has 0 aliphatic heterocycles. The van der Waals surface area contributed by atoms with Gasteiger partial charge in [0.1, 0.15) is 0 Å². The van der Waals surface area contributed by atoms with Crippen LogP contribution in [0.25, 0.3) is 0 Å². The summed E-state index contributed by atoms with van der Waals surface area (Å²) in [5.41, 5.74) is 8.94. The molecule has 0 aromatic heterocycles. The van der Waals surface area contributed by atoms with Crippen molar-refractivity contribution >= 4 is 30.7 Å². The predicted molar refractivity (Wildman–Crippen MR) is 102 cm³/mol. The van der Waals surface area contributed by atoms with Crippen LogP contribution >= 0.6 is 0 Å². The first-order chi connectivity index (χ1) is 11.0. The minimum absolute atomic E-state index is 0.333. The van der Waals surface area contributed by atoms with Crippen molar-refractivity contribution in [2.24, 2.45) is 29.2 Å². The van der Waals surface area contributed by atoms with E-state index in [9.17, 15) is 0 Å². The van der Waals surface area contributed by atoms with Crippen molar-refractivity contribution in [2.45, 2.75) is 67.3 Å². The molecule has 3 aliphatic rings. The van der Waals surface area contributed by atoms with Crippen molar-refractivity contribution in [2.75, 3.05) is 0 Å². The van der Waals surface area contributed by atoms with Crippen molar-refractivity contribution in [1.29, 1.82) is 5.41 Å². The van der Waals surface area contributed by atoms with E-state index >= 15 is 0 Å². The second-order valence-electron chi connectivity index (χ2n) is 7.46. The molecular formula is C19H34BiN3. The molecule has 0 amide bonds. The number of hydrogen-bond acceptors (Lipinski definition) is 1. The SMILES string of the molecule is N=C(N)N.[BiH2][C]1(C2CCCCC2)C=CC=CC1C1CCCCC1. The molecule has 3 nitrogen and oxygen atoms in total. The summed E-state index contributed by atoms with van der Waals surface area (Å²) < 4.78 is 0.622. The van der Waals surface area contributed by atoms with Crippen LogP contribution in [-0.4, -0.2) is 30.7 Å². The monoisotopic (exact) mass is 513 g/mol. The van der Waals surface area contributed by atoms with Gasteiger partial charge in [0.25, 0.3) is 0 Å². The molecular weight excluding hydrogens is 479 g/mol. The third-order valence-corrected chi connectivity index (χ3v) is 9.94. The van der Waals surface area contributed by atoms with Crippen molar-refractivity contribution < 1.29 is 0 Å². The Balaban J connectivity index is 0.000000433. The fourth-order valence-electron chi connectivity index (χ4n) is 4.75. The van der Waals surface area contributed by atoms with E-state index in [4.69, 9.17) is 5.41 Å². The van der Waals surface area contributed by atoms with Gasteiger partial charge in [0.05, 0.1) is 0 Å². The molecule has 3 rings (SSSR count). The number of nitrogens with two attached hydrogens (primary N) is 2. The molecule has 0 aromatic carbocycles. The molecule has 4 heteroatoms. The van der Waals surface area contributed by atoms with Crippen LogP contribution in [0, 0.1) is 23.2 Å². The second kappa shape index (κ2) is 9.20. The molecule has 0 bridgehead atoms. The summed E-state index contributed by atoms with van der Waals surface area (Å²) in [6.07, 6.45) is 24.9. The number of hydrogen-bond donors (Lipinski definition) is 3. The van der Waals surface area contributed by atoms with Crippen molar-refractivity contribution in [1.82, 2.24) is 0 Å². The van der Waals surface area contributed by atoms with Gasteiger partial charge in [-0.3, -0.25) is 5.41 Å². The van der Waals surface area contributed by atoms with E-state index in [0.717, 1.165) is 42.5 Å². The first kappa shape index (κ1) is 19.0. The van der Waals surface area contributed by atoms with E-state index in [2.05, 4.69) is 35.8 Å². The Labute approximate surface area is 156 Å². The zero-order valence-electron chi connectivity index (χ0n) is 14.3. The van der Waals surface area contributed by atoms with Gasteiger partial charge >= 0.3 is 134 Å². The molecule has 23 heavy (non-hydrogen) atoms. The van der Waals surface area contributed by atoms with E-state index in [-0.39, 0.29) is 5.96 Å². The molecule has 0 aromatic rings. The molecule has 0 saturated heterocycles. The molecule has 0 spiro atoms. The van der Waals surface area contributed by atoms with Crippen LogP contribution in [0.15, 0.2) is 24.3 Å². The van der Waals surface area contributed by atoms with Crippen LogP contribution in [0.4, 0.5) is 0 Å². The molecule has 3 aliphatic carbocycles. The third kappa shape index (κ3) is 5.31. The minimum atomic E-state index is -0.333. The standard InChI is InChI=1S/C18H27.CH5N3.Bi.2H/c1-3-9-15(10-4-1)17-13-7-8-14-18(17)16-11-5-2-6-12-16;2-1(3)4;;;/h7-8,13-17H,1-6,9-12H2;(H5,2,3,4);;;. The van der Waals surface area contributed by atoms with E-state index in [0.29, 0.717) is 3.12 Å². The van der Waals surface area contributed by atoms with E-state index in [1.807, 2.05) is 0 Å². The average molecular weight is 513 g/mol. The summed E-state index contributed by atoms with van der Waals surface area (Å²) in [6, 6.07) is 0. The maximum absolute atomic E-state index is 6.06. The van der Waals surface area contributed by atoms with Gasteiger partial charge in [-0.05, 0) is 0 Å². The molecule has 2 saturated carbocycles. The Morgan fingerprint density at radius 3 is 2.00 bits per heavy atom. The molecule has 130 valence electrons. The quantitative estimate of drug-likeness (QED) is 0.300. The fourth-order valence-corrected chi connectivity index (χ4v) is 7.97. The van der Waals surface area contributed by atoms with E-state index < -0.39 is 0 Å². The Hall–Kier alpha value is -0.367. The van der Waals surface area contributed by atoms with Crippen LogP contribution in [-0.2, 0) is 0 Å². The van der Waals surface area contributed by atoms with Gasteiger partial charge in [0.15, 0.2) is 5.96 Å². The topological polar surface area (TPSA) is 75.9 Å². The van der Waals surface area contributed by atoms with Gasteiger partial charge in [0, 0.05) is 0 Å². The zero-order chi connectivity index (χ0) is 16.7. The molecule has 0 radical (unpaired) electrons. The fraction of sp³-hybridized carbons (Fsp3) is 0.737. The summed E-state index contributed by atoms with van der Waals surface area (Å²) in [7, 11) is 0. The summed E-state index contributed by atoms with van der Waals surface area (Å²) in [6.45, 7) is 0. The first-order valence-electron chi connectivity index (χ1n) is 9.28. The number of rotatable bonds is 2. The Kier molecular flexibility index (Phi) is 7.59. The van der Waals surface area contributed by atoms with Crippen LogP contribution in [0.3, 0.4) is 0 Å². The van der Waals surface area contributed by atoms with Crippen molar-refractivity contribution in [3.63, 3.8) is 0 Å². The van der Waals surface area contributed by atoms with E-state index in [1.54, 1.807) is 0 Å². The second-order valence-corrected chi connectivity index (χ2v) is 11.3. The van der Waals surface area contributed by atoms with Gasteiger partial charge < -0.3 is 11.5 Å². The number of guanidine groups is 1. The van der Waals surface area contributed by atoms with Crippen molar-refractivity contribution in [3.8, 4) is 0 Å². The molecule has 5 N–H and O–H groups in total. The van der Waals surface area contributed by atoms with Gasteiger partial charge in [-0.1, -0.05) is 0 Å². The van der Waals surface area contributed by atoms with Gasteiger partial charge in [-0.2, -0.15) is 0 Å². The Morgan fingerprint density at radius 2 is 1.43 bits per heavy atom. The predicted octanol–water partition coefficient (Wildman–Crippen LogP) is 3.52. The summed E-state index contributed by atoms with van der Waals surface area (Å²) in [5.74, 6) is 2.58. The van der Waals surface area contributed by atoms with Crippen molar-refractivity contribution in [3.05, 3.63) is 24.3 Å². The zero-order valence-corrected chi connectivity index (χ0v) is 18.8. The summed E-state index contributed by atoms with van der Waals surface area (Å²) in [5, 5.41) is 6.06. The Morgan fingerprint density at radius 1 is 0.913 bits per heavy atom. The van der Waals surface area contributed by atoms with E-state index in [1.165, 1.54) is 64.2 Å². The van der Waals surface area contributed by atoms with Gasteiger partial charge in [-0.15, -0.1) is 0 Å². The number of nitrogens with one attached hydrogen (secondary N) is 1. The average Bonchev–Trinajstić information content (AvgIpc) is 2.56. The third-order valence-electron chi connectivity index (χ3n) is 5.86. The molecule has 2 atom stereocenters. The van der Waals surface area contributed by atoms with Crippen LogP contribution in [0.5, 0.6) is 0 Å². The summed E-state index contributed by atoms with van der Waals surface area (Å²) in [4.78, 5) is 0. The molecule has 0 heterocycles. The first-order valence-corrected chi connectivity index (χ1v) is 11.5. The maximum atomic E-state index is 6.06. The summed E-state index contributed by atoms with van der Waals surface area (Å²) >= 11 is 1.11.